The van der Waals surface area contributed by atoms with E-state index < -0.39 is 5.82 Å². The monoisotopic (exact) mass is 330 g/mol. The number of benzene rings is 1. The molecule has 1 fully saturated rings. The molecule has 0 bridgehead atoms. The van der Waals surface area contributed by atoms with Gasteiger partial charge >= 0.3 is 0 Å². The third-order valence-electron chi connectivity index (χ3n) is 2.99. The van der Waals surface area contributed by atoms with Gasteiger partial charge in [-0.25, -0.2) is 4.39 Å². The number of rotatable bonds is 3. The van der Waals surface area contributed by atoms with Crippen molar-refractivity contribution in [3.8, 4) is 0 Å². The van der Waals surface area contributed by atoms with Gasteiger partial charge in [0.1, 0.15) is 5.82 Å². The number of carbonyl (C=O) groups excluding carboxylic acids is 1. The lowest BCUT2D eigenvalue weighted by Gasteiger charge is -2.28. The largest absolute Gasteiger partial charge is 0.374 e. The van der Waals surface area contributed by atoms with E-state index in [4.69, 9.17) is 4.74 Å². The second-order valence-electron chi connectivity index (χ2n) is 4.51. The van der Waals surface area contributed by atoms with Crippen molar-refractivity contribution in [1.82, 2.24) is 10.2 Å². The van der Waals surface area contributed by atoms with Crippen molar-refractivity contribution < 1.29 is 13.9 Å². The highest BCUT2D eigenvalue weighted by Gasteiger charge is 2.21. The van der Waals surface area contributed by atoms with Gasteiger partial charge in [0.2, 0.25) is 0 Å². The second kappa shape index (κ2) is 6.45. The summed E-state index contributed by atoms with van der Waals surface area (Å²) in [5.74, 6) is -0.854. The number of amides is 1. The summed E-state index contributed by atoms with van der Waals surface area (Å²) in [6.07, 6.45) is -0.0405. The molecule has 104 valence electrons. The first-order valence-electron chi connectivity index (χ1n) is 6.11. The molecule has 4 nitrogen and oxygen atoms in total. The number of nitrogens with one attached hydrogen (secondary N) is 1. The number of halogens is 2. The molecular weight excluding hydrogens is 315 g/mol. The molecule has 6 heteroatoms. The van der Waals surface area contributed by atoms with Crippen LogP contribution in [0.3, 0.4) is 0 Å². The van der Waals surface area contributed by atoms with Gasteiger partial charge in [-0.05, 0) is 18.2 Å². The standard InChI is InChI=1S/C13H16BrFN2O2/c1-17(8-10-7-16-4-5-19-10)13(18)11-3-2-9(14)6-12(11)15/h2-3,6,10,16H,4-5,7-8H2,1H3. The lowest BCUT2D eigenvalue weighted by Crippen LogP contribution is -2.45. The van der Waals surface area contributed by atoms with E-state index in [2.05, 4.69) is 21.2 Å². The van der Waals surface area contributed by atoms with E-state index in [-0.39, 0.29) is 17.6 Å². The van der Waals surface area contributed by atoms with Crippen molar-refractivity contribution in [2.24, 2.45) is 0 Å². The van der Waals surface area contributed by atoms with E-state index in [9.17, 15) is 9.18 Å². The molecule has 1 unspecified atom stereocenters. The second-order valence-corrected chi connectivity index (χ2v) is 5.42. The lowest BCUT2D eigenvalue weighted by atomic mass is 10.2. The zero-order chi connectivity index (χ0) is 13.8. The summed E-state index contributed by atoms with van der Waals surface area (Å²) < 4.78 is 19.9. The highest BCUT2D eigenvalue weighted by atomic mass is 79.9. The predicted molar refractivity (Wildman–Crippen MR) is 73.7 cm³/mol. The minimum absolute atomic E-state index is 0.0405. The molecule has 0 saturated carbocycles. The van der Waals surface area contributed by atoms with Gasteiger partial charge < -0.3 is 15.0 Å². The van der Waals surface area contributed by atoms with Crippen LogP contribution in [-0.2, 0) is 4.74 Å². The summed E-state index contributed by atoms with van der Waals surface area (Å²) in [5.41, 5.74) is 0.0782. The summed E-state index contributed by atoms with van der Waals surface area (Å²) in [7, 11) is 1.65. The SMILES string of the molecule is CN(CC1CNCCO1)C(=O)c1ccc(Br)cc1F. The fourth-order valence-corrected chi connectivity index (χ4v) is 2.33. The summed E-state index contributed by atoms with van der Waals surface area (Å²) in [6.45, 7) is 2.62. The summed E-state index contributed by atoms with van der Waals surface area (Å²) in [5, 5.41) is 3.19. The first-order chi connectivity index (χ1) is 9.08. The van der Waals surface area contributed by atoms with Crippen LogP contribution in [-0.4, -0.2) is 50.2 Å². The Bertz CT molecular complexity index is 464. The first-order valence-corrected chi connectivity index (χ1v) is 6.90. The molecule has 1 aliphatic heterocycles. The van der Waals surface area contributed by atoms with Crippen LogP contribution in [0.4, 0.5) is 4.39 Å². The Morgan fingerprint density at radius 3 is 3.05 bits per heavy atom. The molecule has 1 heterocycles. The van der Waals surface area contributed by atoms with Crippen molar-refractivity contribution in [1.29, 1.82) is 0 Å². The third-order valence-corrected chi connectivity index (χ3v) is 3.48. The molecular formula is C13H16BrFN2O2. The Morgan fingerprint density at radius 2 is 2.42 bits per heavy atom. The molecule has 1 aromatic rings. The van der Waals surface area contributed by atoms with E-state index in [1.165, 1.54) is 17.0 Å². The maximum Gasteiger partial charge on any atom is 0.256 e. The minimum Gasteiger partial charge on any atom is -0.374 e. The Hall–Kier alpha value is -0.980. The molecule has 0 radical (unpaired) electrons. The van der Waals surface area contributed by atoms with Gasteiger partial charge in [0.25, 0.3) is 5.91 Å². The molecule has 0 spiro atoms. The average Bonchev–Trinajstić information content (AvgIpc) is 2.39. The van der Waals surface area contributed by atoms with E-state index in [0.717, 1.165) is 6.54 Å². The minimum atomic E-state index is -0.520. The van der Waals surface area contributed by atoms with Gasteiger partial charge in [-0.1, -0.05) is 15.9 Å². The van der Waals surface area contributed by atoms with Gasteiger partial charge in [-0.3, -0.25) is 4.79 Å². The smallest absolute Gasteiger partial charge is 0.256 e. The molecule has 2 rings (SSSR count). The molecule has 0 aliphatic carbocycles. The lowest BCUT2D eigenvalue weighted by molar-refractivity contribution is 0.0103. The zero-order valence-corrected chi connectivity index (χ0v) is 12.2. The Balaban J connectivity index is 2.01. The van der Waals surface area contributed by atoms with E-state index >= 15 is 0 Å². The van der Waals surface area contributed by atoms with Crippen LogP contribution in [0.2, 0.25) is 0 Å². The number of carbonyl (C=O) groups is 1. The van der Waals surface area contributed by atoms with Gasteiger partial charge in [-0.2, -0.15) is 0 Å². The summed E-state index contributed by atoms with van der Waals surface area (Å²) >= 11 is 3.17. The Kier molecular flexibility index (Phi) is 4.90. The maximum atomic E-state index is 13.7. The van der Waals surface area contributed by atoms with Gasteiger partial charge in [0.15, 0.2) is 0 Å². The number of ether oxygens (including phenoxy) is 1. The first kappa shape index (κ1) is 14.4. The van der Waals surface area contributed by atoms with Crippen molar-refractivity contribution >= 4 is 21.8 Å². The fraction of sp³-hybridized carbons (Fsp3) is 0.462. The van der Waals surface area contributed by atoms with Crippen LogP contribution in [0.25, 0.3) is 0 Å². The van der Waals surface area contributed by atoms with Crippen LogP contribution in [0.15, 0.2) is 22.7 Å². The number of likely N-dealkylation sites (N-methyl/N-ethyl adjacent to an activating group) is 1. The Labute approximate surface area is 120 Å². The number of morpholine rings is 1. The normalized spacial score (nSPS) is 19.2. The van der Waals surface area contributed by atoms with E-state index in [1.807, 2.05) is 0 Å². The summed E-state index contributed by atoms with van der Waals surface area (Å²) in [4.78, 5) is 13.6. The molecule has 0 aromatic heterocycles. The van der Waals surface area contributed by atoms with Gasteiger partial charge in [0.05, 0.1) is 18.3 Å². The molecule has 1 N–H and O–H groups in total. The van der Waals surface area contributed by atoms with Gasteiger partial charge in [0, 0.05) is 31.2 Å². The van der Waals surface area contributed by atoms with Crippen LogP contribution < -0.4 is 5.32 Å². The molecule has 1 amide bonds. The topological polar surface area (TPSA) is 41.6 Å². The number of hydrogen-bond acceptors (Lipinski definition) is 3. The average molecular weight is 331 g/mol. The molecule has 19 heavy (non-hydrogen) atoms. The number of nitrogens with zero attached hydrogens (tertiary/aromatic N) is 1. The van der Waals surface area contributed by atoms with E-state index in [0.29, 0.717) is 24.2 Å². The van der Waals surface area contributed by atoms with Crippen LogP contribution in [0.5, 0.6) is 0 Å². The highest BCUT2D eigenvalue weighted by molar-refractivity contribution is 9.10. The fourth-order valence-electron chi connectivity index (χ4n) is 1.99. The summed E-state index contributed by atoms with van der Waals surface area (Å²) in [6, 6.07) is 4.43. The molecule has 1 saturated heterocycles. The van der Waals surface area contributed by atoms with Crippen molar-refractivity contribution in [2.45, 2.75) is 6.10 Å². The van der Waals surface area contributed by atoms with Crippen molar-refractivity contribution in [2.75, 3.05) is 33.3 Å². The molecule has 1 atom stereocenters. The zero-order valence-electron chi connectivity index (χ0n) is 10.7. The van der Waals surface area contributed by atoms with Crippen LogP contribution in [0.1, 0.15) is 10.4 Å². The van der Waals surface area contributed by atoms with Crippen LogP contribution >= 0.6 is 15.9 Å². The van der Waals surface area contributed by atoms with Crippen molar-refractivity contribution in [3.63, 3.8) is 0 Å². The van der Waals surface area contributed by atoms with Gasteiger partial charge in [-0.15, -0.1) is 0 Å². The quantitative estimate of drug-likeness (QED) is 0.916. The Morgan fingerprint density at radius 1 is 1.63 bits per heavy atom. The number of hydrogen-bond donors (Lipinski definition) is 1. The van der Waals surface area contributed by atoms with Crippen LogP contribution in [0, 0.1) is 5.82 Å². The van der Waals surface area contributed by atoms with E-state index in [1.54, 1.807) is 13.1 Å². The third kappa shape index (κ3) is 3.75. The molecule has 1 aromatic carbocycles. The molecule has 1 aliphatic rings. The van der Waals surface area contributed by atoms with Crippen molar-refractivity contribution in [3.05, 3.63) is 34.1 Å². The highest BCUT2D eigenvalue weighted by Crippen LogP contribution is 2.16. The maximum absolute atomic E-state index is 13.7. The predicted octanol–water partition coefficient (Wildman–Crippen LogP) is 1.65.